The average molecular weight is 571 g/mol. The lowest BCUT2D eigenvalue weighted by Gasteiger charge is -2.01. The number of benzene rings is 4. The van der Waals surface area contributed by atoms with Crippen LogP contribution in [0.5, 0.6) is 0 Å². The first-order valence-corrected chi connectivity index (χ1v) is 16.8. The molecule has 232 valence electrons. The highest BCUT2D eigenvalue weighted by Gasteiger charge is 2.08. The lowest BCUT2D eigenvalue weighted by Crippen LogP contribution is -1.91. The van der Waals surface area contributed by atoms with E-state index in [-0.39, 0.29) is 0 Å². The molecule has 0 spiro atoms. The van der Waals surface area contributed by atoms with E-state index in [4.69, 9.17) is 0 Å². The van der Waals surface area contributed by atoms with Crippen molar-refractivity contribution in [3.8, 4) is 0 Å². The Labute approximate surface area is 259 Å². The van der Waals surface area contributed by atoms with E-state index in [9.17, 15) is 0 Å². The molecule has 0 atom stereocenters. The fourth-order valence-electron chi connectivity index (χ4n) is 4.69. The van der Waals surface area contributed by atoms with Gasteiger partial charge in [-0.1, -0.05) is 156 Å². The third-order valence-corrected chi connectivity index (χ3v) is 5.99. The zero-order valence-corrected chi connectivity index (χ0v) is 29.5. The van der Waals surface area contributed by atoms with Crippen LogP contribution in [0, 0.1) is 0 Å². The highest BCUT2D eigenvalue weighted by molar-refractivity contribution is 6.08. The minimum Gasteiger partial charge on any atom is -0.341 e. The van der Waals surface area contributed by atoms with Gasteiger partial charge in [-0.3, -0.25) is 0 Å². The summed E-state index contributed by atoms with van der Waals surface area (Å²) in [5.74, 6) is 0. The number of nitrogens with zero attached hydrogens (tertiary/aromatic N) is 2. The Morgan fingerprint density at radius 3 is 0.643 bits per heavy atom. The maximum absolute atomic E-state index is 2.37. The molecule has 0 amide bonds. The molecule has 0 radical (unpaired) electrons. The van der Waals surface area contributed by atoms with Gasteiger partial charge in [-0.2, -0.15) is 0 Å². The van der Waals surface area contributed by atoms with E-state index >= 15 is 0 Å². The van der Waals surface area contributed by atoms with Crippen molar-refractivity contribution in [3.63, 3.8) is 0 Å². The predicted molar refractivity (Wildman–Crippen MR) is 198 cm³/mol. The van der Waals surface area contributed by atoms with Gasteiger partial charge in [0.1, 0.15) is 0 Å². The lowest BCUT2D eigenvalue weighted by atomic mass is 10.2. The first-order chi connectivity index (χ1) is 20.8. The van der Waals surface area contributed by atoms with Crippen LogP contribution in [0.25, 0.3) is 43.6 Å². The second-order valence-electron chi connectivity index (χ2n) is 7.56. The van der Waals surface area contributed by atoms with Gasteiger partial charge < -0.3 is 9.13 Å². The van der Waals surface area contributed by atoms with Crippen molar-refractivity contribution in [1.82, 2.24) is 9.13 Å². The normalized spacial score (nSPS) is 8.90. The van der Waals surface area contributed by atoms with Crippen molar-refractivity contribution < 1.29 is 0 Å². The van der Waals surface area contributed by atoms with Crippen LogP contribution in [0.3, 0.4) is 0 Å². The number of rotatable bonds is 2. The van der Waals surface area contributed by atoms with Crippen LogP contribution in [0.4, 0.5) is 0 Å². The highest BCUT2D eigenvalue weighted by Crippen LogP contribution is 2.29. The summed E-state index contributed by atoms with van der Waals surface area (Å²) in [5, 5.41) is 5.43. The number of aromatic nitrogens is 2. The van der Waals surface area contributed by atoms with Gasteiger partial charge in [0.25, 0.3) is 0 Å². The summed E-state index contributed by atoms with van der Waals surface area (Å²) in [7, 11) is 0. The van der Waals surface area contributed by atoms with E-state index in [0.29, 0.717) is 0 Å². The molecular weight excluding hydrogens is 508 g/mol. The molecule has 0 aliphatic carbocycles. The van der Waals surface area contributed by atoms with Crippen molar-refractivity contribution in [3.05, 3.63) is 97.1 Å². The molecule has 0 N–H and O–H groups in total. The molecule has 0 aliphatic rings. The summed E-state index contributed by atoms with van der Waals surface area (Å²) >= 11 is 0. The largest absolute Gasteiger partial charge is 0.341 e. The standard InChI is InChI=1S/2C14H13N.6C2H6/c2*1-2-15-13-9-5-3-7-11(13)12-8-4-6-10-14(12)15;6*1-2/h2*3-10H,2H2,1H3;6*1-2H3. The molecule has 0 unspecified atom stereocenters. The van der Waals surface area contributed by atoms with Crippen LogP contribution in [0.15, 0.2) is 97.1 Å². The van der Waals surface area contributed by atoms with E-state index in [2.05, 4.69) is 120 Å². The lowest BCUT2D eigenvalue weighted by molar-refractivity contribution is 0.827. The first-order valence-electron chi connectivity index (χ1n) is 16.8. The average Bonchev–Trinajstić information content (AvgIpc) is 3.63. The zero-order chi connectivity index (χ0) is 32.5. The van der Waals surface area contributed by atoms with Crippen LogP contribution in [0.1, 0.15) is 96.9 Å². The Morgan fingerprint density at radius 1 is 0.310 bits per heavy atom. The summed E-state index contributed by atoms with van der Waals surface area (Å²) in [5.41, 5.74) is 5.34. The Morgan fingerprint density at radius 2 is 0.476 bits per heavy atom. The van der Waals surface area contributed by atoms with Gasteiger partial charge in [0, 0.05) is 56.7 Å². The van der Waals surface area contributed by atoms with Crippen LogP contribution in [0.2, 0.25) is 0 Å². The van der Waals surface area contributed by atoms with Crippen molar-refractivity contribution in [2.45, 2.75) is 110 Å². The van der Waals surface area contributed by atoms with E-state index in [1.54, 1.807) is 0 Å². The van der Waals surface area contributed by atoms with Crippen LogP contribution >= 0.6 is 0 Å². The summed E-state index contributed by atoms with van der Waals surface area (Å²) in [4.78, 5) is 0. The molecule has 2 heterocycles. The Balaban J connectivity index is 0. The fourth-order valence-corrected chi connectivity index (χ4v) is 4.69. The van der Waals surface area contributed by atoms with Crippen LogP contribution < -0.4 is 0 Å². The summed E-state index contributed by atoms with van der Waals surface area (Å²) in [6.07, 6.45) is 0. The third-order valence-electron chi connectivity index (χ3n) is 5.99. The quantitative estimate of drug-likeness (QED) is 0.196. The monoisotopic (exact) mass is 570 g/mol. The summed E-state index contributed by atoms with van der Waals surface area (Å²) in [6, 6.07) is 34.4. The SMILES string of the molecule is CC.CC.CC.CC.CC.CC.CCn1c2ccccc2c2ccccc21.CCn1c2ccccc2c2ccccc21. The minimum absolute atomic E-state index is 1.02. The summed E-state index contributed by atoms with van der Waals surface area (Å²) < 4.78 is 4.73. The van der Waals surface area contributed by atoms with Crippen molar-refractivity contribution in [2.75, 3.05) is 0 Å². The number of hydrogen-bond acceptors (Lipinski definition) is 0. The number of aryl methyl sites for hydroxylation is 2. The van der Waals surface area contributed by atoms with E-state index < -0.39 is 0 Å². The molecule has 4 aromatic carbocycles. The molecule has 0 saturated heterocycles. The molecule has 2 nitrogen and oxygen atoms in total. The van der Waals surface area contributed by atoms with Gasteiger partial charge in [0.15, 0.2) is 0 Å². The van der Waals surface area contributed by atoms with Gasteiger partial charge in [0.2, 0.25) is 0 Å². The molecule has 2 heteroatoms. The second-order valence-corrected chi connectivity index (χ2v) is 7.56. The van der Waals surface area contributed by atoms with Gasteiger partial charge in [-0.05, 0) is 38.1 Å². The first kappa shape index (κ1) is 40.6. The van der Waals surface area contributed by atoms with Gasteiger partial charge in [0.05, 0.1) is 0 Å². The fraction of sp³-hybridized carbons (Fsp3) is 0.400. The van der Waals surface area contributed by atoms with Gasteiger partial charge >= 0.3 is 0 Å². The third kappa shape index (κ3) is 9.79. The number of hydrogen-bond donors (Lipinski definition) is 0. The predicted octanol–water partition coefficient (Wildman–Crippen LogP) is 13.8. The van der Waals surface area contributed by atoms with Crippen molar-refractivity contribution >= 4 is 43.6 Å². The Kier molecular flexibility index (Phi) is 24.4. The zero-order valence-electron chi connectivity index (χ0n) is 29.5. The topological polar surface area (TPSA) is 9.86 Å². The molecule has 42 heavy (non-hydrogen) atoms. The molecule has 0 bridgehead atoms. The molecule has 0 saturated carbocycles. The highest BCUT2D eigenvalue weighted by atomic mass is 15.0. The minimum atomic E-state index is 1.02. The van der Waals surface area contributed by atoms with Gasteiger partial charge in [-0.25, -0.2) is 0 Å². The smallest absolute Gasteiger partial charge is 0.0491 e. The Bertz CT molecular complexity index is 1250. The van der Waals surface area contributed by atoms with Gasteiger partial charge in [-0.15, -0.1) is 0 Å². The van der Waals surface area contributed by atoms with E-state index in [0.717, 1.165) is 13.1 Å². The molecule has 6 aromatic rings. The van der Waals surface area contributed by atoms with Crippen molar-refractivity contribution in [2.24, 2.45) is 0 Å². The maximum atomic E-state index is 2.37. The second kappa shape index (κ2) is 25.2. The van der Waals surface area contributed by atoms with Crippen LogP contribution in [-0.2, 0) is 13.1 Å². The molecule has 0 fully saturated rings. The summed E-state index contributed by atoms with van der Waals surface area (Å²) in [6.45, 7) is 30.4. The maximum Gasteiger partial charge on any atom is 0.0491 e. The molecule has 6 rings (SSSR count). The molecular formula is C40H62N2. The Hall–Kier alpha value is -3.52. The number of para-hydroxylation sites is 4. The molecule has 0 aliphatic heterocycles. The molecule has 2 aromatic heterocycles. The van der Waals surface area contributed by atoms with E-state index in [1.807, 2.05) is 83.1 Å². The van der Waals surface area contributed by atoms with Crippen LogP contribution in [-0.4, -0.2) is 9.13 Å². The van der Waals surface area contributed by atoms with Crippen molar-refractivity contribution in [1.29, 1.82) is 0 Å². The number of fused-ring (bicyclic) bond motifs is 6. The van der Waals surface area contributed by atoms with E-state index in [1.165, 1.54) is 43.6 Å².